The van der Waals surface area contributed by atoms with Gasteiger partial charge in [-0.15, -0.1) is 12.3 Å². The summed E-state index contributed by atoms with van der Waals surface area (Å²) in [6.45, 7) is -52.0. The number of halogens is 1. The molecule has 5 aromatic carbocycles. The van der Waals surface area contributed by atoms with Crippen LogP contribution < -0.4 is 4.74 Å². The number of carbonyl (C=O) groups excluding carboxylic acids is 1. The number of aliphatic hydroxyl groups is 1. The van der Waals surface area contributed by atoms with Crippen LogP contribution >= 0.6 is 12.3 Å². The molecule has 0 spiro atoms. The maximum Gasteiger partial charge on any atom is 0.513 e. The number of phenols is 4. The third-order valence-electron chi connectivity index (χ3n) is 7.76. The molecule has 5 N–H and O–H groups in total. The summed E-state index contributed by atoms with van der Waals surface area (Å²) >= 11 is 3.89. The highest BCUT2D eigenvalue weighted by Crippen LogP contribution is 2.41. The lowest BCUT2D eigenvalue weighted by atomic mass is 9.79. The summed E-state index contributed by atoms with van der Waals surface area (Å²) in [5.41, 5.74) is -28.9. The molecule has 73 heavy (non-hydrogen) atoms. The van der Waals surface area contributed by atoms with Gasteiger partial charge >= 0.3 is 6.16 Å². The first kappa shape index (κ1) is 20.1. The van der Waals surface area contributed by atoms with Gasteiger partial charge in [0, 0.05) is 82.5 Å². The number of nitro benzene ring substituents is 1. The Hall–Kier alpha value is -5.78. The van der Waals surface area contributed by atoms with Gasteiger partial charge in [0.1, 0.15) is 29.9 Å². The Labute approximate surface area is 526 Å². The second kappa shape index (κ2) is 29.2. The lowest BCUT2D eigenvalue weighted by Crippen LogP contribution is -2.19. The van der Waals surface area contributed by atoms with Crippen LogP contribution in [0.2, 0.25) is 0 Å². The molecule has 0 saturated carbocycles. The standard InChI is InChI=1S/C16H24O3.C14H21NO3.C14H22O.2C6H6O.C4H10O.CH4.ClH/c1-15(2,3)11-8-9-13(19-14(17)18-7)12(10-11)16(4,5)6;1-13(2,3)9-7-10(14(4,5)6)12(16)8-11(9)15(17)18;1-13(2,3)10-7-8-12(15)11(9-10)14(4,5)6;2*7-6-4-2-1-3-5-6;1-4(2,3)5;;/h8-10H,1-7H3;7-8,16H,1-6H3;7-9,15H,1-6H3;2*1-5,7H;5H,1-3H3;1H4;1H/i1D3,2D3,4D3,5D3,6D3,9D;1D3,4D3,5D3,6D3,8D;1D3,2D3,4D3,5D3,6D3,8D;1D,4D,5D;;1D3,2D3,5D;;/hD2. The molecule has 0 aromatic heterocycles. The molecule has 0 atom stereocenters. The number of nitro groups is 1. The molecule has 0 amide bonds. The highest BCUT2D eigenvalue weighted by Gasteiger charge is 2.30. The van der Waals surface area contributed by atoms with E-state index >= 15 is 0 Å². The summed E-state index contributed by atoms with van der Waals surface area (Å²) in [4.78, 5) is 22.2. The molecule has 410 valence electrons. The van der Waals surface area contributed by atoms with Crippen LogP contribution in [0.15, 0.2) is 109 Å². The lowest BCUT2D eigenvalue weighted by Gasteiger charge is -2.26. The summed E-state index contributed by atoms with van der Waals surface area (Å²) in [6, 6.07) is 10.2. The van der Waals surface area contributed by atoms with Crippen molar-refractivity contribution in [2.75, 3.05) is 7.11 Å². The monoisotopic (exact) mass is 1090 g/mol. The Morgan fingerprint density at radius 1 is 0.603 bits per heavy atom. The van der Waals surface area contributed by atoms with Gasteiger partial charge in [-0.3, -0.25) is 10.1 Å². The number of benzene rings is 5. The molecule has 11 nitrogen and oxygen atoms in total. The number of hydrogen-bond acceptors (Lipinski definition) is 10. The van der Waals surface area contributed by atoms with Gasteiger partial charge in [-0.2, -0.15) is 0 Å². The Morgan fingerprint density at radius 2 is 1.07 bits per heavy atom. The second-order valence-electron chi connectivity index (χ2n) is 15.5. The Balaban J connectivity index is -0.00000158. The molecule has 0 radical (unpaired) electrons. The van der Waals surface area contributed by atoms with Gasteiger partial charge in [0.15, 0.2) is 0 Å². The van der Waals surface area contributed by atoms with E-state index in [9.17, 15) is 25.1 Å². The third-order valence-corrected chi connectivity index (χ3v) is 7.76. The van der Waals surface area contributed by atoms with Crippen molar-refractivity contribution in [2.24, 2.45) is 0 Å². The van der Waals surface area contributed by atoms with Crippen LogP contribution in [0, 0.1) is 10.1 Å². The van der Waals surface area contributed by atoms with E-state index in [1.807, 2.05) is 6.07 Å². The zero-order valence-corrected chi connectivity index (χ0v) is 39.7. The summed E-state index contributed by atoms with van der Waals surface area (Å²) in [6.07, 6.45) is -1.57. The fourth-order valence-corrected chi connectivity index (χ4v) is 4.48. The van der Waals surface area contributed by atoms with Gasteiger partial charge in [0.2, 0.25) is 1.43 Å². The summed E-state index contributed by atoms with van der Waals surface area (Å²) in [5, 5.41) is 48.9. The van der Waals surface area contributed by atoms with Crippen LogP contribution in [-0.2, 0) is 37.2 Å². The third kappa shape index (κ3) is 28.3. The smallest absolute Gasteiger partial charge is 0.508 e. The number of para-hydroxylation sites is 2. The van der Waals surface area contributed by atoms with Gasteiger partial charge in [-0.05, 0) is 112 Å². The Bertz CT molecular complexity index is 4410. The van der Waals surface area contributed by atoms with E-state index in [-0.39, 0.29) is 31.3 Å². The van der Waals surface area contributed by atoms with E-state index in [2.05, 4.69) is 27.3 Å². The van der Waals surface area contributed by atoms with E-state index < -0.39 is 233 Å². The van der Waals surface area contributed by atoms with Crippen molar-refractivity contribution >= 4 is 24.2 Å². The van der Waals surface area contributed by atoms with Crippen molar-refractivity contribution in [3.05, 3.63) is 153 Å². The number of rotatable bonds is 3. The van der Waals surface area contributed by atoms with E-state index in [0.717, 1.165) is 41.7 Å². The average molecular weight is 1090 g/mol. The summed E-state index contributed by atoms with van der Waals surface area (Å²) in [7, 11) is 0.824. The van der Waals surface area contributed by atoms with Crippen LogP contribution in [0.25, 0.3) is 0 Å². The number of hydrogen-bond donors (Lipinski definition) is 5. The van der Waals surface area contributed by atoms with Crippen molar-refractivity contribution in [3.8, 4) is 28.7 Å². The predicted molar refractivity (Wildman–Crippen MR) is 307 cm³/mol. The topological polar surface area (TPSA) is 180 Å². The Morgan fingerprint density at radius 3 is 1.47 bits per heavy atom. The molecule has 0 saturated heterocycles. The molecule has 0 heterocycles. The van der Waals surface area contributed by atoms with E-state index in [1.165, 1.54) is 12.1 Å². The Kier molecular flexibility index (Phi) is 8.02. The number of ether oxygens (including phenoxy) is 2. The van der Waals surface area contributed by atoms with Crippen molar-refractivity contribution in [1.82, 2.24) is 0 Å². The normalized spacial score (nSPS) is 25.4. The van der Waals surface area contributed by atoms with Crippen molar-refractivity contribution < 1.29 is 119 Å². The van der Waals surface area contributed by atoms with Crippen molar-refractivity contribution in [3.63, 3.8) is 0 Å². The number of methoxy groups -OCH3 is 1. The molecule has 5 aromatic rings. The zero-order chi connectivity index (χ0) is 104. The van der Waals surface area contributed by atoms with E-state index in [0.29, 0.717) is 36.1 Å². The SMILES string of the molecule is C.Oc1ccccc1.[2H]Cl.[2H]OC(C)(C([2H])([2H])[2H])C([2H])([2H])[2H].[2H]Oc1c([2H])cc([2H])cc1[2H].[2H]c1c(O)c(C(C([2H])([2H])[2H])(C([2H])([2H])[2H])C([2H])([2H])[2H])cc(C(C)(C)C([2H])([2H])[2H])c1[N+](=O)[O-].[2H]c1cc(C(C)(C([2H])([2H])[2H])C([2H])([2H])[2H])cc(C(C([2H])([2H])[2H])(C([2H])([2H])[2H])C([2H])([2H])[2H])c1O.[2H]c1cc(C(C)(C([2H])([2H])[2H])C([2H])([2H])[2H])cc(C(C([2H])([2H])[2H])(C([2H])([2H])[2H])C([2H])([2H])[2H])c1OC(=O)OC. The number of aromatic hydroxyl groups is 4. The molecular weight excluding hydrogens is 942 g/mol. The molecule has 5 rings (SSSR count). The van der Waals surface area contributed by atoms with Crippen LogP contribution in [0.4, 0.5) is 10.5 Å². The molecule has 12 heteroatoms. The maximum absolute atomic E-state index is 11.8. The van der Waals surface area contributed by atoms with Gasteiger partial charge in [0.25, 0.3) is 7.12 Å². The van der Waals surface area contributed by atoms with Gasteiger partial charge < -0.3 is 35.0 Å². The largest absolute Gasteiger partial charge is 0.513 e. The molecular formula is C61H94ClNO10. The van der Waals surface area contributed by atoms with Crippen LogP contribution in [0.3, 0.4) is 0 Å². The highest BCUT2D eigenvalue weighted by atomic mass is 35.5. The first-order valence-electron chi connectivity index (χ1n) is 47.5. The van der Waals surface area contributed by atoms with Crippen LogP contribution in [0.5, 0.6) is 28.7 Å². The number of phenolic OH excluding ortho intramolecular Hbond substituents is 4. The number of carbonyl (C=O) groups is 1. The minimum absolute atomic E-state index is 0. The molecule has 0 aliphatic carbocycles. The van der Waals surface area contributed by atoms with Gasteiger partial charge in [-0.25, -0.2) is 4.79 Å². The molecule has 0 unspecified atom stereocenters. The van der Waals surface area contributed by atoms with Crippen molar-refractivity contribution in [1.29, 1.82) is 4.04 Å². The van der Waals surface area contributed by atoms with Gasteiger partial charge in [0.05, 0.1) is 31.9 Å². The molecule has 0 bridgehead atoms. The maximum atomic E-state index is 11.8. The molecule has 0 fully saturated rings. The van der Waals surface area contributed by atoms with E-state index in [4.69, 9.17) is 87.9 Å². The quantitative estimate of drug-likeness (QED) is 0.0505. The summed E-state index contributed by atoms with van der Waals surface area (Å²) in [5.74, 6) is -3.79. The molecule has 0 aliphatic rings. The summed E-state index contributed by atoms with van der Waals surface area (Å²) < 4.78 is 441. The first-order valence-corrected chi connectivity index (χ1v) is 19.3. The fraction of sp³-hybridized carbons (Fsp3) is 0.492. The minimum Gasteiger partial charge on any atom is -0.508 e. The van der Waals surface area contributed by atoms with E-state index in [1.54, 1.807) is 24.3 Å². The first-order chi connectivity index (χ1) is 56.5. The lowest BCUT2D eigenvalue weighted by molar-refractivity contribution is -0.386. The zero-order valence-electron chi connectivity index (χ0n) is 96.0. The van der Waals surface area contributed by atoms with Crippen LogP contribution in [0.1, 0.15) is 259 Å². The highest BCUT2D eigenvalue weighted by molar-refractivity contribution is 5.85. The minimum atomic E-state index is -3.89. The van der Waals surface area contributed by atoms with Crippen molar-refractivity contribution in [2.45, 2.75) is 190 Å². The fourth-order valence-electron chi connectivity index (χ4n) is 4.48. The number of nitrogens with zero attached hydrogens (tertiary/aromatic N) is 1. The average Bonchev–Trinajstić information content (AvgIpc) is 0.702. The molecule has 0 aliphatic heterocycles. The van der Waals surface area contributed by atoms with Gasteiger partial charge in [-0.1, -0.05) is 192 Å². The predicted octanol–water partition coefficient (Wildman–Crippen LogP) is 16.9. The second-order valence-corrected chi connectivity index (χ2v) is 15.5. The van der Waals surface area contributed by atoms with Crippen LogP contribution in [-0.4, -0.2) is 53.4 Å².